The van der Waals surface area contributed by atoms with Gasteiger partial charge in [-0.05, 0) is 43.7 Å². The minimum Gasteiger partial charge on any atom is -0.507 e. The number of Topliss-reactive ketones (excluding diaryl/α,β-unsaturated/α-hetero) is 1. The number of hydrogen-bond donors (Lipinski definition) is 2. The van der Waals surface area contributed by atoms with Crippen LogP contribution in [0.2, 0.25) is 0 Å². The number of carbonyl (C=O) groups excluding carboxylic acids is 4. The first-order valence-corrected chi connectivity index (χ1v) is 12.3. The predicted octanol–water partition coefficient (Wildman–Crippen LogP) is 3.02. The molecule has 1 saturated heterocycles. The van der Waals surface area contributed by atoms with E-state index in [1.807, 2.05) is 6.08 Å². The maximum atomic E-state index is 13.5. The Hall–Kier alpha value is -4.07. The van der Waals surface area contributed by atoms with Gasteiger partial charge in [0.2, 0.25) is 11.8 Å². The lowest BCUT2D eigenvalue weighted by molar-refractivity contribution is -0.142. The Labute approximate surface area is 213 Å². The molecule has 8 nitrogen and oxygen atoms in total. The molecule has 8 heteroatoms. The van der Waals surface area contributed by atoms with E-state index in [-0.39, 0.29) is 43.1 Å². The third-order valence-corrected chi connectivity index (χ3v) is 8.03. The molecule has 2 N–H and O–H groups in total. The number of imide groups is 1. The van der Waals surface area contributed by atoms with E-state index in [0.29, 0.717) is 34.3 Å². The van der Waals surface area contributed by atoms with E-state index in [2.05, 4.69) is 6.58 Å². The van der Waals surface area contributed by atoms with E-state index in [1.165, 1.54) is 6.08 Å². The summed E-state index contributed by atoms with van der Waals surface area (Å²) in [6, 6.07) is 5.26. The fourth-order valence-electron chi connectivity index (χ4n) is 6.39. The van der Waals surface area contributed by atoms with Gasteiger partial charge >= 0.3 is 5.97 Å². The first-order chi connectivity index (χ1) is 17.6. The Morgan fingerprint density at radius 3 is 2.62 bits per heavy atom. The number of carbonyl (C=O) groups is 5. The molecule has 0 bridgehead atoms. The number of allylic oxidation sites excluding steroid dienone is 7. The molecule has 5 rings (SSSR count). The van der Waals surface area contributed by atoms with E-state index in [0.717, 1.165) is 10.5 Å². The van der Waals surface area contributed by atoms with Crippen molar-refractivity contribution in [2.75, 3.05) is 6.54 Å². The van der Waals surface area contributed by atoms with E-state index in [1.54, 1.807) is 31.2 Å². The van der Waals surface area contributed by atoms with Crippen molar-refractivity contribution in [3.63, 3.8) is 0 Å². The average Bonchev–Trinajstić information content (AvgIpc) is 3.11. The largest absolute Gasteiger partial charge is 0.507 e. The third kappa shape index (κ3) is 3.79. The number of hydrogen-bond acceptors (Lipinski definition) is 6. The molecule has 2 amide bonds. The molecule has 0 aromatic heterocycles. The van der Waals surface area contributed by atoms with Gasteiger partial charge in [0, 0.05) is 34.7 Å². The number of phenols is 1. The number of carboxylic acids is 1. The number of aromatic hydroxyl groups is 1. The van der Waals surface area contributed by atoms with Crippen LogP contribution in [0.5, 0.6) is 5.75 Å². The molecule has 4 unspecified atom stereocenters. The van der Waals surface area contributed by atoms with Crippen LogP contribution in [0.3, 0.4) is 0 Å². The number of benzene rings is 1. The van der Waals surface area contributed by atoms with Crippen molar-refractivity contribution in [2.24, 2.45) is 17.8 Å². The molecule has 0 radical (unpaired) electrons. The Morgan fingerprint density at radius 2 is 1.92 bits per heavy atom. The summed E-state index contributed by atoms with van der Waals surface area (Å²) in [6.45, 7) is 5.11. The number of para-hydroxylation sites is 1. The standard InChI is InChI=1S/C29H27NO7/c1-3-5-15-6-4-7-17(27(15)35)23-16-8-9-18-24(29(37)30(28(18)36)11-10-22(32)33)19(16)13-20-25(23)21(31)12-14(2)26(20)34/h3-4,6-8,12,18-19,23-24,35H,1,5,9-11,13H2,2H3,(H,32,33). The number of fused-ring (bicyclic) bond motifs is 3. The highest BCUT2D eigenvalue weighted by atomic mass is 16.4. The van der Waals surface area contributed by atoms with Crippen LogP contribution in [0, 0.1) is 17.8 Å². The van der Waals surface area contributed by atoms with Crippen LogP contribution in [-0.2, 0) is 30.4 Å². The zero-order chi connectivity index (χ0) is 26.6. The number of ketones is 2. The number of phenolic OH excluding ortho intramolecular Hbond substituents is 1. The fraction of sp³-hybridized carbons (Fsp3) is 0.345. The van der Waals surface area contributed by atoms with Crippen LogP contribution >= 0.6 is 0 Å². The zero-order valence-corrected chi connectivity index (χ0v) is 20.4. The number of aliphatic carboxylic acids is 1. The summed E-state index contributed by atoms with van der Waals surface area (Å²) >= 11 is 0. The maximum absolute atomic E-state index is 13.5. The van der Waals surface area contributed by atoms with Crippen molar-refractivity contribution in [2.45, 2.75) is 38.5 Å². The zero-order valence-electron chi connectivity index (χ0n) is 20.4. The topological polar surface area (TPSA) is 129 Å². The van der Waals surface area contributed by atoms with Gasteiger partial charge < -0.3 is 10.2 Å². The monoisotopic (exact) mass is 501 g/mol. The van der Waals surface area contributed by atoms with Gasteiger partial charge in [-0.3, -0.25) is 28.9 Å². The number of amides is 2. The molecule has 1 heterocycles. The second-order valence-corrected chi connectivity index (χ2v) is 10.0. The minimum atomic E-state index is -1.11. The molecule has 3 aliphatic carbocycles. The second kappa shape index (κ2) is 9.10. The quantitative estimate of drug-likeness (QED) is 0.348. The van der Waals surface area contributed by atoms with Crippen molar-refractivity contribution in [1.29, 1.82) is 0 Å². The fourth-order valence-corrected chi connectivity index (χ4v) is 6.39. The number of carboxylic acid groups (broad SMARTS) is 1. The number of likely N-dealkylation sites (tertiary alicyclic amines) is 1. The second-order valence-electron chi connectivity index (χ2n) is 10.0. The van der Waals surface area contributed by atoms with Gasteiger partial charge in [-0.25, -0.2) is 0 Å². The van der Waals surface area contributed by atoms with Gasteiger partial charge in [0.05, 0.1) is 18.3 Å². The summed E-state index contributed by atoms with van der Waals surface area (Å²) in [5.41, 5.74) is 2.76. The molecule has 190 valence electrons. The molecule has 0 spiro atoms. The summed E-state index contributed by atoms with van der Waals surface area (Å²) in [4.78, 5) is 65.3. The number of rotatable bonds is 6. The van der Waals surface area contributed by atoms with Crippen LogP contribution in [0.4, 0.5) is 0 Å². The Morgan fingerprint density at radius 1 is 1.16 bits per heavy atom. The number of nitrogens with zero attached hydrogens (tertiary/aromatic N) is 1. The predicted molar refractivity (Wildman–Crippen MR) is 132 cm³/mol. The minimum absolute atomic E-state index is 0.00589. The lowest BCUT2D eigenvalue weighted by Crippen LogP contribution is -2.40. The van der Waals surface area contributed by atoms with E-state index in [9.17, 15) is 29.1 Å². The van der Waals surface area contributed by atoms with Crippen LogP contribution < -0.4 is 0 Å². The molecular formula is C29H27NO7. The smallest absolute Gasteiger partial charge is 0.305 e. The van der Waals surface area contributed by atoms with Crippen LogP contribution in [-0.4, -0.2) is 51.0 Å². The SMILES string of the molecule is C=CCc1cccc(C2C3=CCC4C(=O)N(CCC(=O)O)C(=O)C4C3CC3=C2C(=O)C=C(C)C3=O)c1O. The van der Waals surface area contributed by atoms with Gasteiger partial charge in [-0.15, -0.1) is 6.58 Å². The average molecular weight is 502 g/mol. The highest BCUT2D eigenvalue weighted by Gasteiger charge is 2.56. The molecule has 4 aliphatic rings. The van der Waals surface area contributed by atoms with E-state index < -0.39 is 41.5 Å². The molecule has 0 saturated carbocycles. The van der Waals surface area contributed by atoms with E-state index in [4.69, 9.17) is 5.11 Å². The molecule has 1 aromatic rings. The molecular weight excluding hydrogens is 474 g/mol. The van der Waals surface area contributed by atoms with Gasteiger partial charge in [0.15, 0.2) is 11.6 Å². The van der Waals surface area contributed by atoms with Crippen LogP contribution in [0.1, 0.15) is 43.2 Å². The first kappa shape index (κ1) is 24.6. The summed E-state index contributed by atoms with van der Waals surface area (Å²) in [6.07, 6.45) is 5.30. The molecule has 1 aliphatic heterocycles. The van der Waals surface area contributed by atoms with Crippen molar-refractivity contribution in [3.05, 3.63) is 76.4 Å². The normalized spacial score (nSPS) is 26.9. The van der Waals surface area contributed by atoms with Crippen molar-refractivity contribution < 1.29 is 34.2 Å². The van der Waals surface area contributed by atoms with Crippen molar-refractivity contribution in [1.82, 2.24) is 4.90 Å². The summed E-state index contributed by atoms with van der Waals surface area (Å²) in [5, 5.41) is 20.3. The van der Waals surface area contributed by atoms with Gasteiger partial charge in [0.1, 0.15) is 5.75 Å². The Bertz CT molecular complexity index is 1380. The Kier molecular flexibility index (Phi) is 6.06. The third-order valence-electron chi connectivity index (χ3n) is 8.03. The van der Waals surface area contributed by atoms with Crippen LogP contribution in [0.25, 0.3) is 0 Å². The highest BCUT2D eigenvalue weighted by molar-refractivity contribution is 6.23. The Balaban J connectivity index is 1.65. The van der Waals surface area contributed by atoms with Crippen molar-refractivity contribution in [3.8, 4) is 5.75 Å². The van der Waals surface area contributed by atoms with Gasteiger partial charge in [-0.1, -0.05) is 35.9 Å². The van der Waals surface area contributed by atoms with E-state index >= 15 is 0 Å². The summed E-state index contributed by atoms with van der Waals surface area (Å²) in [7, 11) is 0. The first-order valence-electron chi connectivity index (χ1n) is 12.3. The molecule has 4 atom stereocenters. The summed E-state index contributed by atoms with van der Waals surface area (Å²) in [5.74, 6) is -5.20. The van der Waals surface area contributed by atoms with Crippen LogP contribution in [0.15, 0.2) is 65.3 Å². The van der Waals surface area contributed by atoms with Crippen molar-refractivity contribution >= 4 is 29.4 Å². The molecule has 37 heavy (non-hydrogen) atoms. The molecule has 1 aromatic carbocycles. The molecule has 1 fully saturated rings. The lowest BCUT2D eigenvalue weighted by Gasteiger charge is -2.42. The summed E-state index contributed by atoms with van der Waals surface area (Å²) < 4.78 is 0. The maximum Gasteiger partial charge on any atom is 0.305 e. The lowest BCUT2D eigenvalue weighted by atomic mass is 9.59. The highest BCUT2D eigenvalue weighted by Crippen LogP contribution is 2.56. The van der Waals surface area contributed by atoms with Gasteiger partial charge in [0.25, 0.3) is 0 Å². The van der Waals surface area contributed by atoms with Gasteiger partial charge in [-0.2, -0.15) is 0 Å².